The molecule has 0 nitrogen and oxygen atoms in total. The van der Waals surface area contributed by atoms with Gasteiger partial charge in [0.25, 0.3) is 0 Å². The maximum atomic E-state index is 2.55. The minimum atomic E-state index is 0.504. The van der Waals surface area contributed by atoms with Crippen LogP contribution in [0.4, 0.5) is 0 Å². The summed E-state index contributed by atoms with van der Waals surface area (Å²) >= 11 is 0. The molecule has 1 fully saturated rings. The summed E-state index contributed by atoms with van der Waals surface area (Å²) in [5.41, 5.74) is 0.504. The van der Waals surface area contributed by atoms with Crippen molar-refractivity contribution in [2.24, 2.45) is 11.3 Å². The van der Waals surface area contributed by atoms with Gasteiger partial charge in [-0.2, -0.15) is 0 Å². The third kappa shape index (κ3) is 2.84. The molecule has 1 unspecified atom stereocenters. The average Bonchev–Trinajstić information content (AvgIpc) is 2.10. The molecule has 0 saturated heterocycles. The number of rotatable bonds is 0. The predicted molar refractivity (Wildman–Crippen MR) is 50.3 cm³/mol. The topological polar surface area (TPSA) is 0 Å². The molecule has 1 saturated carbocycles. The van der Waals surface area contributed by atoms with Crippen LogP contribution in [-0.2, 0) is 0 Å². The first-order valence-electron chi connectivity index (χ1n) is 4.94. The monoisotopic (exact) mass is 153 g/mol. The van der Waals surface area contributed by atoms with Crippen LogP contribution in [0.1, 0.15) is 52.9 Å². The highest BCUT2D eigenvalue weighted by Crippen LogP contribution is 2.35. The second-order valence-electron chi connectivity index (χ2n) is 4.85. The summed E-state index contributed by atoms with van der Waals surface area (Å²) in [5, 5.41) is 0. The Labute approximate surface area is 71.4 Å². The molecule has 0 amide bonds. The predicted octanol–water partition coefficient (Wildman–Crippen LogP) is 3.82. The highest BCUT2D eigenvalue weighted by atomic mass is 14.3. The van der Waals surface area contributed by atoms with Gasteiger partial charge in [0.05, 0.1) is 0 Å². The van der Waals surface area contributed by atoms with Crippen LogP contribution in [0.3, 0.4) is 0 Å². The van der Waals surface area contributed by atoms with Crippen LogP contribution in [0, 0.1) is 17.8 Å². The zero-order chi connectivity index (χ0) is 8.32. The van der Waals surface area contributed by atoms with E-state index in [1.165, 1.54) is 32.1 Å². The maximum Gasteiger partial charge on any atom is -0.0334 e. The van der Waals surface area contributed by atoms with Crippen molar-refractivity contribution in [3.05, 3.63) is 6.42 Å². The third-order valence-corrected chi connectivity index (χ3v) is 2.78. The fraction of sp³-hybridized carbons (Fsp3) is 0.909. The van der Waals surface area contributed by atoms with Gasteiger partial charge in [0.2, 0.25) is 0 Å². The Kier molecular flexibility index (Phi) is 2.98. The van der Waals surface area contributed by atoms with Crippen molar-refractivity contribution >= 4 is 0 Å². The number of hydrogen-bond acceptors (Lipinski definition) is 0. The van der Waals surface area contributed by atoms with E-state index in [0.29, 0.717) is 5.41 Å². The van der Waals surface area contributed by atoms with Crippen molar-refractivity contribution in [2.75, 3.05) is 0 Å². The Hall–Kier alpha value is 0. The Morgan fingerprint density at radius 1 is 1.09 bits per heavy atom. The summed E-state index contributed by atoms with van der Waals surface area (Å²) in [7, 11) is 0. The van der Waals surface area contributed by atoms with Gasteiger partial charge >= 0.3 is 0 Å². The zero-order valence-corrected chi connectivity index (χ0v) is 8.19. The molecule has 1 aliphatic rings. The van der Waals surface area contributed by atoms with E-state index in [0.717, 1.165) is 5.92 Å². The summed E-state index contributed by atoms with van der Waals surface area (Å²) in [6, 6.07) is 0. The van der Waals surface area contributed by atoms with Gasteiger partial charge in [-0.3, -0.25) is 0 Å². The smallest absolute Gasteiger partial charge is 0.0334 e. The van der Waals surface area contributed by atoms with E-state index in [1.807, 2.05) is 0 Å². The van der Waals surface area contributed by atoms with Crippen LogP contribution < -0.4 is 0 Å². The molecule has 0 spiro atoms. The SMILES string of the molecule is CC(C)(C)C1[CH]CCCCC1. The molecule has 65 valence electrons. The van der Waals surface area contributed by atoms with Gasteiger partial charge in [0, 0.05) is 0 Å². The summed E-state index contributed by atoms with van der Waals surface area (Å²) in [5.74, 6) is 0.866. The van der Waals surface area contributed by atoms with Crippen LogP contribution in [0.25, 0.3) is 0 Å². The van der Waals surface area contributed by atoms with Crippen molar-refractivity contribution in [2.45, 2.75) is 52.9 Å². The van der Waals surface area contributed by atoms with E-state index in [1.54, 1.807) is 0 Å². The molecule has 1 radical (unpaired) electrons. The maximum absolute atomic E-state index is 2.55. The first-order chi connectivity index (χ1) is 5.11. The van der Waals surface area contributed by atoms with Crippen molar-refractivity contribution in [3.8, 4) is 0 Å². The molecule has 0 bridgehead atoms. The first kappa shape index (κ1) is 9.09. The molecule has 0 N–H and O–H groups in total. The summed E-state index contributed by atoms with van der Waals surface area (Å²) < 4.78 is 0. The first-order valence-corrected chi connectivity index (χ1v) is 4.94. The van der Waals surface area contributed by atoms with E-state index in [2.05, 4.69) is 27.2 Å². The van der Waals surface area contributed by atoms with Gasteiger partial charge in [-0.05, 0) is 30.6 Å². The zero-order valence-electron chi connectivity index (χ0n) is 8.19. The Morgan fingerprint density at radius 3 is 2.45 bits per heavy atom. The van der Waals surface area contributed by atoms with Crippen molar-refractivity contribution < 1.29 is 0 Å². The fourth-order valence-corrected chi connectivity index (χ4v) is 1.91. The molecule has 1 rings (SSSR count). The molecular weight excluding hydrogens is 132 g/mol. The van der Waals surface area contributed by atoms with Crippen molar-refractivity contribution in [1.29, 1.82) is 0 Å². The third-order valence-electron chi connectivity index (χ3n) is 2.78. The fourth-order valence-electron chi connectivity index (χ4n) is 1.91. The quantitative estimate of drug-likeness (QED) is 0.464. The van der Waals surface area contributed by atoms with Crippen molar-refractivity contribution in [1.82, 2.24) is 0 Å². The lowest BCUT2D eigenvalue weighted by Crippen LogP contribution is -2.19. The molecule has 11 heavy (non-hydrogen) atoms. The Bertz CT molecular complexity index is 99.7. The molecule has 0 aromatic carbocycles. The standard InChI is InChI=1S/C11H21/c1-11(2,3)10-8-6-4-5-7-9-10/h8,10H,4-7,9H2,1-3H3. The second kappa shape index (κ2) is 3.60. The van der Waals surface area contributed by atoms with Gasteiger partial charge in [-0.15, -0.1) is 0 Å². The second-order valence-corrected chi connectivity index (χ2v) is 4.85. The molecular formula is C11H21. The lowest BCUT2D eigenvalue weighted by molar-refractivity contribution is 0.258. The van der Waals surface area contributed by atoms with Crippen LogP contribution in [0.2, 0.25) is 0 Å². The number of hydrogen-bond donors (Lipinski definition) is 0. The van der Waals surface area contributed by atoms with Gasteiger partial charge in [-0.1, -0.05) is 40.0 Å². The van der Waals surface area contributed by atoms with Crippen LogP contribution in [-0.4, -0.2) is 0 Å². The molecule has 0 aromatic heterocycles. The highest BCUT2D eigenvalue weighted by molar-refractivity contribution is 4.87. The molecule has 1 atom stereocenters. The normalized spacial score (nSPS) is 23.2. The minimum Gasteiger partial charge on any atom is -0.0599 e. The van der Waals surface area contributed by atoms with E-state index in [-0.39, 0.29) is 0 Å². The van der Waals surface area contributed by atoms with Crippen LogP contribution >= 0.6 is 0 Å². The largest absolute Gasteiger partial charge is 0.0599 e. The molecule has 0 heterocycles. The molecule has 0 heteroatoms. The van der Waals surface area contributed by atoms with Gasteiger partial charge in [0.15, 0.2) is 0 Å². The Balaban J connectivity index is 2.43. The van der Waals surface area contributed by atoms with E-state index >= 15 is 0 Å². The van der Waals surface area contributed by atoms with E-state index < -0.39 is 0 Å². The van der Waals surface area contributed by atoms with Crippen LogP contribution in [0.5, 0.6) is 0 Å². The molecule has 0 aromatic rings. The summed E-state index contributed by atoms with van der Waals surface area (Å²) in [4.78, 5) is 0. The minimum absolute atomic E-state index is 0.504. The van der Waals surface area contributed by atoms with E-state index in [9.17, 15) is 0 Å². The molecule has 1 aliphatic carbocycles. The lowest BCUT2D eigenvalue weighted by Gasteiger charge is -2.29. The van der Waals surface area contributed by atoms with E-state index in [4.69, 9.17) is 0 Å². The van der Waals surface area contributed by atoms with Gasteiger partial charge in [0.1, 0.15) is 0 Å². The summed E-state index contributed by atoms with van der Waals surface area (Å²) in [6.45, 7) is 7.08. The Morgan fingerprint density at radius 2 is 1.82 bits per heavy atom. The lowest BCUT2D eigenvalue weighted by atomic mass is 9.76. The molecule has 0 aliphatic heterocycles. The van der Waals surface area contributed by atoms with Gasteiger partial charge < -0.3 is 0 Å². The average molecular weight is 153 g/mol. The van der Waals surface area contributed by atoms with Crippen molar-refractivity contribution in [3.63, 3.8) is 0 Å². The van der Waals surface area contributed by atoms with Crippen LogP contribution in [0.15, 0.2) is 0 Å². The highest BCUT2D eigenvalue weighted by Gasteiger charge is 2.24. The van der Waals surface area contributed by atoms with Gasteiger partial charge in [-0.25, -0.2) is 0 Å². The summed E-state index contributed by atoms with van der Waals surface area (Å²) in [6.07, 6.45) is 9.63.